The number of furan rings is 1. The number of fused-ring (bicyclic) bond motifs is 1. The SMILES string of the molecule is Cc1cnc(-c2ccc(F)c3ccoc23)cn1. The smallest absolute Gasteiger partial charge is 0.146 e. The lowest BCUT2D eigenvalue weighted by molar-refractivity contribution is 0.611. The van der Waals surface area contributed by atoms with E-state index in [0.29, 0.717) is 16.7 Å². The molecule has 0 aliphatic carbocycles. The van der Waals surface area contributed by atoms with Crippen molar-refractivity contribution < 1.29 is 8.81 Å². The molecule has 0 radical (unpaired) electrons. The second-order valence-electron chi connectivity index (χ2n) is 3.80. The number of nitrogens with zero attached hydrogens (tertiary/aromatic N) is 2. The Balaban J connectivity index is 2.27. The second kappa shape index (κ2) is 3.66. The van der Waals surface area contributed by atoms with Crippen molar-refractivity contribution in [2.45, 2.75) is 6.92 Å². The summed E-state index contributed by atoms with van der Waals surface area (Å²) in [4.78, 5) is 8.43. The van der Waals surface area contributed by atoms with Crippen LogP contribution in [0.2, 0.25) is 0 Å². The maximum Gasteiger partial charge on any atom is 0.146 e. The van der Waals surface area contributed by atoms with Crippen molar-refractivity contribution in [1.29, 1.82) is 0 Å². The Morgan fingerprint density at radius 3 is 2.76 bits per heavy atom. The summed E-state index contributed by atoms with van der Waals surface area (Å²) in [6, 6.07) is 4.67. The van der Waals surface area contributed by atoms with Gasteiger partial charge in [0.05, 0.1) is 29.2 Å². The number of aromatic nitrogens is 2. The van der Waals surface area contributed by atoms with Gasteiger partial charge in [0.2, 0.25) is 0 Å². The number of benzene rings is 1. The maximum absolute atomic E-state index is 13.5. The predicted octanol–water partition coefficient (Wildman–Crippen LogP) is 3.34. The second-order valence-corrected chi connectivity index (χ2v) is 3.80. The molecule has 0 spiro atoms. The number of hydrogen-bond acceptors (Lipinski definition) is 3. The van der Waals surface area contributed by atoms with Gasteiger partial charge < -0.3 is 4.42 Å². The summed E-state index contributed by atoms with van der Waals surface area (Å²) in [5.74, 6) is -0.294. The average Bonchev–Trinajstić information content (AvgIpc) is 2.81. The fraction of sp³-hybridized carbons (Fsp3) is 0.0769. The van der Waals surface area contributed by atoms with E-state index in [4.69, 9.17) is 4.42 Å². The van der Waals surface area contributed by atoms with E-state index in [0.717, 1.165) is 11.3 Å². The van der Waals surface area contributed by atoms with Gasteiger partial charge >= 0.3 is 0 Å². The van der Waals surface area contributed by atoms with Crippen LogP contribution in [0, 0.1) is 12.7 Å². The van der Waals surface area contributed by atoms with E-state index in [1.807, 2.05) is 6.92 Å². The molecule has 0 saturated carbocycles. The van der Waals surface area contributed by atoms with Crippen LogP contribution in [0.25, 0.3) is 22.2 Å². The lowest BCUT2D eigenvalue weighted by Gasteiger charge is -2.02. The highest BCUT2D eigenvalue weighted by Gasteiger charge is 2.11. The molecule has 84 valence electrons. The standard InChI is InChI=1S/C13H9FN2O/c1-8-6-16-12(7-15-8)10-2-3-11(14)9-4-5-17-13(9)10/h2-7H,1H3. The van der Waals surface area contributed by atoms with Gasteiger partial charge in [0.1, 0.15) is 11.4 Å². The molecule has 3 aromatic rings. The third kappa shape index (κ3) is 1.58. The summed E-state index contributed by atoms with van der Waals surface area (Å²) in [6.45, 7) is 1.87. The van der Waals surface area contributed by atoms with Crippen LogP contribution in [0.1, 0.15) is 5.69 Å². The van der Waals surface area contributed by atoms with E-state index in [1.165, 1.54) is 12.3 Å². The van der Waals surface area contributed by atoms with Gasteiger partial charge in [0.15, 0.2) is 0 Å². The molecule has 2 aromatic heterocycles. The molecule has 0 aliphatic rings. The molecular formula is C13H9FN2O. The molecule has 0 amide bonds. The zero-order chi connectivity index (χ0) is 11.8. The summed E-state index contributed by atoms with van der Waals surface area (Å²) >= 11 is 0. The largest absolute Gasteiger partial charge is 0.464 e. The fourth-order valence-corrected chi connectivity index (χ4v) is 1.76. The topological polar surface area (TPSA) is 38.9 Å². The van der Waals surface area contributed by atoms with Crippen molar-refractivity contribution in [3.8, 4) is 11.3 Å². The molecular weight excluding hydrogens is 219 g/mol. The molecule has 3 nitrogen and oxygen atoms in total. The van der Waals surface area contributed by atoms with Crippen LogP contribution in [-0.2, 0) is 0 Å². The molecule has 17 heavy (non-hydrogen) atoms. The van der Waals surface area contributed by atoms with Crippen molar-refractivity contribution >= 4 is 11.0 Å². The highest BCUT2D eigenvalue weighted by Crippen LogP contribution is 2.29. The number of hydrogen-bond donors (Lipinski definition) is 0. The first kappa shape index (κ1) is 9.96. The van der Waals surface area contributed by atoms with Crippen LogP contribution < -0.4 is 0 Å². The zero-order valence-electron chi connectivity index (χ0n) is 9.14. The van der Waals surface area contributed by atoms with Crippen molar-refractivity contribution in [2.24, 2.45) is 0 Å². The lowest BCUT2D eigenvalue weighted by Crippen LogP contribution is -1.89. The van der Waals surface area contributed by atoms with Crippen molar-refractivity contribution in [3.05, 3.63) is 48.4 Å². The number of halogens is 1. The molecule has 0 unspecified atom stereocenters. The number of rotatable bonds is 1. The highest BCUT2D eigenvalue weighted by atomic mass is 19.1. The van der Waals surface area contributed by atoms with E-state index < -0.39 is 0 Å². The van der Waals surface area contributed by atoms with Crippen LogP contribution in [0.4, 0.5) is 4.39 Å². The minimum absolute atomic E-state index is 0.294. The van der Waals surface area contributed by atoms with E-state index in [1.54, 1.807) is 24.5 Å². The number of aryl methyl sites for hydroxylation is 1. The molecule has 0 bridgehead atoms. The van der Waals surface area contributed by atoms with Gasteiger partial charge in [0.25, 0.3) is 0 Å². The van der Waals surface area contributed by atoms with E-state index in [9.17, 15) is 4.39 Å². The summed E-state index contributed by atoms with van der Waals surface area (Å²) in [5, 5.41) is 0.463. The van der Waals surface area contributed by atoms with E-state index >= 15 is 0 Å². The van der Waals surface area contributed by atoms with Crippen LogP contribution in [0.3, 0.4) is 0 Å². The van der Waals surface area contributed by atoms with E-state index in [2.05, 4.69) is 9.97 Å². The first-order chi connectivity index (χ1) is 8.25. The Hall–Kier alpha value is -2.23. The monoisotopic (exact) mass is 228 g/mol. The van der Waals surface area contributed by atoms with Crippen LogP contribution in [-0.4, -0.2) is 9.97 Å². The minimum Gasteiger partial charge on any atom is -0.464 e. The highest BCUT2D eigenvalue weighted by molar-refractivity contribution is 5.91. The Kier molecular flexibility index (Phi) is 2.14. The Morgan fingerprint density at radius 1 is 1.12 bits per heavy atom. The van der Waals surface area contributed by atoms with Gasteiger partial charge in [-0.2, -0.15) is 0 Å². The van der Waals surface area contributed by atoms with Crippen molar-refractivity contribution in [1.82, 2.24) is 9.97 Å². The summed E-state index contributed by atoms with van der Waals surface area (Å²) in [6.07, 6.45) is 4.80. The average molecular weight is 228 g/mol. The lowest BCUT2D eigenvalue weighted by atomic mass is 10.1. The third-order valence-electron chi connectivity index (χ3n) is 2.62. The molecule has 0 aliphatic heterocycles. The van der Waals surface area contributed by atoms with Gasteiger partial charge in [-0.15, -0.1) is 0 Å². The maximum atomic E-state index is 13.5. The Labute approximate surface area is 96.9 Å². The van der Waals surface area contributed by atoms with Crippen LogP contribution in [0.15, 0.2) is 41.3 Å². The Bertz CT molecular complexity index is 673. The third-order valence-corrected chi connectivity index (χ3v) is 2.62. The predicted molar refractivity (Wildman–Crippen MR) is 61.9 cm³/mol. The molecule has 0 atom stereocenters. The molecule has 0 fully saturated rings. The molecule has 2 heterocycles. The van der Waals surface area contributed by atoms with Gasteiger partial charge in [-0.1, -0.05) is 0 Å². The molecule has 1 aromatic carbocycles. The van der Waals surface area contributed by atoms with Crippen LogP contribution >= 0.6 is 0 Å². The fourth-order valence-electron chi connectivity index (χ4n) is 1.76. The molecule has 0 N–H and O–H groups in total. The molecule has 4 heteroatoms. The van der Waals surface area contributed by atoms with E-state index in [-0.39, 0.29) is 5.82 Å². The molecule has 0 saturated heterocycles. The minimum atomic E-state index is -0.294. The zero-order valence-corrected chi connectivity index (χ0v) is 9.14. The first-order valence-electron chi connectivity index (χ1n) is 5.20. The first-order valence-corrected chi connectivity index (χ1v) is 5.20. The summed E-state index contributed by atoms with van der Waals surface area (Å²) < 4.78 is 18.8. The summed E-state index contributed by atoms with van der Waals surface area (Å²) in [7, 11) is 0. The normalized spacial score (nSPS) is 10.9. The van der Waals surface area contributed by atoms with Gasteiger partial charge in [-0.3, -0.25) is 9.97 Å². The van der Waals surface area contributed by atoms with Crippen molar-refractivity contribution in [2.75, 3.05) is 0 Å². The Morgan fingerprint density at radius 2 is 2.00 bits per heavy atom. The van der Waals surface area contributed by atoms with Gasteiger partial charge in [-0.25, -0.2) is 4.39 Å². The van der Waals surface area contributed by atoms with Crippen LogP contribution in [0.5, 0.6) is 0 Å². The van der Waals surface area contributed by atoms with Gasteiger partial charge in [0, 0.05) is 11.8 Å². The quantitative estimate of drug-likeness (QED) is 0.641. The van der Waals surface area contributed by atoms with Crippen molar-refractivity contribution in [3.63, 3.8) is 0 Å². The van der Waals surface area contributed by atoms with Gasteiger partial charge in [-0.05, 0) is 25.1 Å². The summed E-state index contributed by atoms with van der Waals surface area (Å²) in [5.41, 5.74) is 2.77. The molecule has 3 rings (SSSR count).